The molecule has 1 atom stereocenters. The van der Waals surface area contributed by atoms with E-state index in [1.54, 1.807) is 18.3 Å². The summed E-state index contributed by atoms with van der Waals surface area (Å²) in [6.07, 6.45) is 4.52. The minimum absolute atomic E-state index is 0.229. The van der Waals surface area contributed by atoms with Crippen LogP contribution in [0.2, 0.25) is 0 Å². The monoisotopic (exact) mass is 375 g/mol. The van der Waals surface area contributed by atoms with Gasteiger partial charge in [0.15, 0.2) is 0 Å². The molecule has 0 unspecified atom stereocenters. The Bertz CT molecular complexity index is 846. The first-order chi connectivity index (χ1) is 12.7. The highest BCUT2D eigenvalue weighted by Gasteiger charge is 2.32. The van der Waals surface area contributed by atoms with Gasteiger partial charge in [-0.2, -0.15) is 13.2 Å². The quantitative estimate of drug-likeness (QED) is 0.402. The summed E-state index contributed by atoms with van der Waals surface area (Å²) in [4.78, 5) is 4.36. The molecule has 0 N–H and O–H groups in total. The van der Waals surface area contributed by atoms with E-state index in [1.807, 2.05) is 38.1 Å². The molecule has 5 heteroatoms. The largest absolute Gasteiger partial charge is 0.416 e. The van der Waals surface area contributed by atoms with Crippen molar-refractivity contribution in [3.05, 3.63) is 101 Å². The summed E-state index contributed by atoms with van der Waals surface area (Å²) >= 11 is 0. The fourth-order valence-electron chi connectivity index (χ4n) is 2.73. The van der Waals surface area contributed by atoms with Crippen molar-refractivity contribution < 1.29 is 17.6 Å². The Morgan fingerprint density at radius 2 is 1.96 bits per heavy atom. The van der Waals surface area contributed by atoms with E-state index < -0.39 is 23.5 Å². The first kappa shape index (κ1) is 20.6. The summed E-state index contributed by atoms with van der Waals surface area (Å²) in [6, 6.07) is 6.23. The van der Waals surface area contributed by atoms with Crippen LogP contribution >= 0.6 is 0 Å². The molecule has 1 nitrogen and oxygen atoms in total. The summed E-state index contributed by atoms with van der Waals surface area (Å²) in [5.41, 5.74) is 1.55. The van der Waals surface area contributed by atoms with Gasteiger partial charge in [-0.25, -0.2) is 4.39 Å². The van der Waals surface area contributed by atoms with Gasteiger partial charge in [-0.1, -0.05) is 36.9 Å². The third-order valence-corrected chi connectivity index (χ3v) is 4.15. The lowest BCUT2D eigenvalue weighted by Gasteiger charge is -2.20. The Hall–Kier alpha value is -2.69. The number of alkyl halides is 3. The zero-order valence-electron chi connectivity index (χ0n) is 15.2. The molecule has 0 saturated heterocycles. The van der Waals surface area contributed by atoms with Gasteiger partial charge < -0.3 is 0 Å². The van der Waals surface area contributed by atoms with Crippen LogP contribution < -0.4 is 0 Å². The molecule has 0 bridgehead atoms. The lowest BCUT2D eigenvalue weighted by atomic mass is 9.87. The standard InChI is InChI=1S/C22H21F4N/c1-4-6-7-16(5-2)10-20(21-9-8-15(3)14-27-21)17-11-18(22(24,25)26)13-19(23)12-17/h4-9,11-14,20H,2,10H2,1,3H3/b6-4-,16-7+/t20-/m1/s1. The van der Waals surface area contributed by atoms with E-state index in [1.165, 1.54) is 0 Å². The van der Waals surface area contributed by atoms with Crippen molar-refractivity contribution in [3.8, 4) is 0 Å². The molecule has 0 aliphatic heterocycles. The van der Waals surface area contributed by atoms with Gasteiger partial charge >= 0.3 is 6.18 Å². The first-order valence-corrected chi connectivity index (χ1v) is 8.49. The molecule has 0 aliphatic carbocycles. The maximum Gasteiger partial charge on any atom is 0.416 e. The zero-order valence-corrected chi connectivity index (χ0v) is 15.2. The van der Waals surface area contributed by atoms with Crippen LogP contribution in [0.3, 0.4) is 0 Å². The van der Waals surface area contributed by atoms with E-state index in [2.05, 4.69) is 11.6 Å². The Balaban J connectivity index is 2.57. The second-order valence-corrected chi connectivity index (χ2v) is 6.26. The topological polar surface area (TPSA) is 12.9 Å². The molecule has 27 heavy (non-hydrogen) atoms. The first-order valence-electron chi connectivity index (χ1n) is 8.49. The molecule has 1 aromatic heterocycles. The van der Waals surface area contributed by atoms with Gasteiger partial charge in [-0.3, -0.25) is 4.98 Å². The Morgan fingerprint density at radius 1 is 1.22 bits per heavy atom. The van der Waals surface area contributed by atoms with Crippen molar-refractivity contribution in [2.45, 2.75) is 32.4 Å². The van der Waals surface area contributed by atoms with Crippen molar-refractivity contribution in [3.63, 3.8) is 0 Å². The van der Waals surface area contributed by atoms with E-state index in [0.717, 1.165) is 23.3 Å². The number of benzene rings is 1. The van der Waals surface area contributed by atoms with Crippen LogP contribution in [0.25, 0.3) is 0 Å². The highest BCUT2D eigenvalue weighted by molar-refractivity contribution is 5.37. The Morgan fingerprint density at radius 3 is 2.52 bits per heavy atom. The molecule has 0 radical (unpaired) electrons. The van der Waals surface area contributed by atoms with E-state index in [-0.39, 0.29) is 5.56 Å². The smallest absolute Gasteiger partial charge is 0.260 e. The average molecular weight is 375 g/mol. The Kier molecular flexibility index (Phi) is 6.72. The van der Waals surface area contributed by atoms with Crippen molar-refractivity contribution in [1.29, 1.82) is 0 Å². The van der Waals surface area contributed by atoms with Gasteiger partial charge in [0.1, 0.15) is 5.82 Å². The lowest BCUT2D eigenvalue weighted by molar-refractivity contribution is -0.137. The molecule has 0 saturated carbocycles. The number of nitrogens with zero attached hydrogens (tertiary/aromatic N) is 1. The van der Waals surface area contributed by atoms with E-state index in [4.69, 9.17) is 0 Å². The van der Waals surface area contributed by atoms with Crippen molar-refractivity contribution >= 4 is 0 Å². The number of hydrogen-bond donors (Lipinski definition) is 0. The second-order valence-electron chi connectivity index (χ2n) is 6.26. The summed E-state index contributed by atoms with van der Waals surface area (Å²) in [6.45, 7) is 7.50. The highest BCUT2D eigenvalue weighted by atomic mass is 19.4. The van der Waals surface area contributed by atoms with Crippen LogP contribution in [0, 0.1) is 12.7 Å². The number of aromatic nitrogens is 1. The molecule has 142 valence electrons. The van der Waals surface area contributed by atoms with Gasteiger partial charge in [0.25, 0.3) is 0 Å². The lowest BCUT2D eigenvalue weighted by Crippen LogP contribution is -2.10. The maximum atomic E-state index is 14.0. The Labute approximate surface area is 156 Å². The minimum Gasteiger partial charge on any atom is -0.260 e. The number of hydrogen-bond acceptors (Lipinski definition) is 1. The highest BCUT2D eigenvalue weighted by Crippen LogP contribution is 2.36. The zero-order chi connectivity index (χ0) is 20.0. The van der Waals surface area contributed by atoms with Crippen molar-refractivity contribution in [2.75, 3.05) is 0 Å². The molecule has 0 aliphatic rings. The van der Waals surface area contributed by atoms with Crippen LogP contribution in [-0.2, 0) is 6.18 Å². The molecule has 2 rings (SSSR count). The van der Waals surface area contributed by atoms with Gasteiger partial charge in [-0.15, -0.1) is 0 Å². The van der Waals surface area contributed by atoms with Crippen LogP contribution in [0.5, 0.6) is 0 Å². The maximum absolute atomic E-state index is 14.0. The molecule has 0 fully saturated rings. The average Bonchev–Trinajstić information content (AvgIpc) is 2.62. The molecular formula is C22H21F4N. The fraction of sp³-hybridized carbons (Fsp3) is 0.227. The summed E-state index contributed by atoms with van der Waals surface area (Å²) in [7, 11) is 0. The molecule has 1 heterocycles. The van der Waals surface area contributed by atoms with Crippen molar-refractivity contribution in [1.82, 2.24) is 4.98 Å². The van der Waals surface area contributed by atoms with Crippen LogP contribution in [0.1, 0.15) is 41.6 Å². The van der Waals surface area contributed by atoms with Gasteiger partial charge in [0.05, 0.1) is 5.56 Å². The number of aryl methyl sites for hydroxylation is 1. The number of rotatable bonds is 6. The summed E-state index contributed by atoms with van der Waals surface area (Å²) < 4.78 is 53.4. The van der Waals surface area contributed by atoms with Crippen LogP contribution in [0.15, 0.2) is 73.0 Å². The second kappa shape index (κ2) is 8.80. The predicted octanol–water partition coefficient (Wildman–Crippen LogP) is 6.76. The molecule has 1 aromatic carbocycles. The summed E-state index contributed by atoms with van der Waals surface area (Å²) in [5, 5.41) is 0. The van der Waals surface area contributed by atoms with Crippen LogP contribution in [0.4, 0.5) is 17.6 Å². The van der Waals surface area contributed by atoms with E-state index >= 15 is 0 Å². The molecule has 0 amide bonds. The normalized spacial score (nSPS) is 13.8. The van der Waals surface area contributed by atoms with E-state index in [0.29, 0.717) is 18.2 Å². The van der Waals surface area contributed by atoms with Crippen LogP contribution in [-0.4, -0.2) is 4.98 Å². The number of pyridine rings is 1. The van der Waals surface area contributed by atoms with Gasteiger partial charge in [0, 0.05) is 17.8 Å². The molecule has 2 aromatic rings. The summed E-state index contributed by atoms with van der Waals surface area (Å²) in [5.74, 6) is -1.45. The van der Waals surface area contributed by atoms with Gasteiger partial charge in [0.2, 0.25) is 0 Å². The minimum atomic E-state index is -4.62. The third-order valence-electron chi connectivity index (χ3n) is 4.15. The molecular weight excluding hydrogens is 354 g/mol. The fourth-order valence-corrected chi connectivity index (χ4v) is 2.73. The van der Waals surface area contributed by atoms with Gasteiger partial charge in [-0.05, 0) is 61.2 Å². The van der Waals surface area contributed by atoms with Crippen molar-refractivity contribution in [2.24, 2.45) is 0 Å². The number of halogens is 4. The predicted molar refractivity (Wildman–Crippen MR) is 99.9 cm³/mol. The third kappa shape index (κ3) is 5.64. The SMILES string of the molecule is C=C/C(=C\C=C/C)C[C@H](c1cc(F)cc(C(F)(F)F)c1)c1ccc(C)cn1. The number of allylic oxidation sites excluding steroid dienone is 5. The van der Waals surface area contributed by atoms with E-state index in [9.17, 15) is 17.6 Å². The molecule has 0 spiro atoms.